The Morgan fingerprint density at radius 2 is 1.63 bits per heavy atom. The van der Waals surface area contributed by atoms with Gasteiger partial charge in [0.1, 0.15) is 6.61 Å². The molecule has 0 rings (SSSR count). The van der Waals surface area contributed by atoms with Crippen LogP contribution < -0.4 is 11.1 Å². The Bertz CT molecular complexity index is 641. The summed E-state index contributed by atoms with van der Waals surface area (Å²) in [5.74, 6) is -1.77. The minimum Gasteiger partial charge on any atom is -0.480 e. The maximum Gasteiger partial charge on any atom is 0.407 e. The Morgan fingerprint density at radius 3 is 2.17 bits per heavy atom. The molecule has 8 heteroatoms. The minimum atomic E-state index is -3.19. The number of amides is 1. The van der Waals surface area contributed by atoms with E-state index in [0.717, 1.165) is 31.3 Å². The van der Waals surface area contributed by atoms with Crippen LogP contribution in [0.1, 0.15) is 66.2 Å². The highest BCUT2D eigenvalue weighted by molar-refractivity contribution is 5.79. The number of ether oxygens (including phenoxy) is 1. The molecule has 0 aromatic rings. The molecule has 1 unspecified atom stereocenters. The second kappa shape index (κ2) is 14.7. The van der Waals surface area contributed by atoms with Crippen LogP contribution in [0, 0.1) is 0 Å². The average Bonchev–Trinajstić information content (AvgIpc) is 2.64. The van der Waals surface area contributed by atoms with Gasteiger partial charge in [0.05, 0.1) is 0 Å². The third-order valence-electron chi connectivity index (χ3n) is 4.59. The fourth-order valence-electron chi connectivity index (χ4n) is 2.53. The summed E-state index contributed by atoms with van der Waals surface area (Å²) in [6, 6.07) is 0. The largest absolute Gasteiger partial charge is 0.480 e. The van der Waals surface area contributed by atoms with Gasteiger partial charge in [0.2, 0.25) is 0 Å². The summed E-state index contributed by atoms with van der Waals surface area (Å²) < 4.78 is 30.5. The maximum atomic E-state index is 12.7. The number of carboxylic acids is 1. The first kappa shape index (κ1) is 27.8. The highest BCUT2D eigenvalue weighted by atomic mass is 19.3. The number of halogens is 2. The van der Waals surface area contributed by atoms with E-state index in [4.69, 9.17) is 15.6 Å². The van der Waals surface area contributed by atoms with Crippen LogP contribution in [0.5, 0.6) is 0 Å². The summed E-state index contributed by atoms with van der Waals surface area (Å²) in [7, 11) is 0. The molecule has 1 atom stereocenters. The van der Waals surface area contributed by atoms with E-state index >= 15 is 0 Å². The van der Waals surface area contributed by atoms with Crippen LogP contribution in [-0.2, 0) is 9.53 Å². The van der Waals surface area contributed by atoms with Crippen LogP contribution in [-0.4, -0.2) is 42.3 Å². The van der Waals surface area contributed by atoms with Crippen molar-refractivity contribution in [2.75, 3.05) is 13.2 Å². The summed E-state index contributed by atoms with van der Waals surface area (Å²) in [5.41, 5.74) is 6.37. The van der Waals surface area contributed by atoms with Crippen molar-refractivity contribution in [3.63, 3.8) is 0 Å². The van der Waals surface area contributed by atoms with E-state index in [1.807, 2.05) is 13.0 Å². The molecule has 0 aliphatic heterocycles. The number of alkyl halides is 2. The minimum absolute atomic E-state index is 0.00268. The molecule has 6 nitrogen and oxygen atoms in total. The number of hydrogen-bond donors (Lipinski definition) is 3. The standard InChI is InChI=1S/C22H36F2N2O4/c1-16(2)8-5-9-17(3)10-6-11-18(4)12-15-30-21(29)26-14-7-13-22(25,19(23)24)20(27)28/h8,10,12,19H,5-7,9,11,13-15,25H2,1-4H3,(H,26,29)(H,27,28). The zero-order chi connectivity index (χ0) is 23.2. The van der Waals surface area contributed by atoms with Crippen molar-refractivity contribution in [3.8, 4) is 0 Å². The van der Waals surface area contributed by atoms with E-state index in [-0.39, 0.29) is 19.6 Å². The van der Waals surface area contributed by atoms with Gasteiger partial charge in [-0.2, -0.15) is 0 Å². The van der Waals surface area contributed by atoms with Gasteiger partial charge in [0, 0.05) is 6.54 Å². The van der Waals surface area contributed by atoms with Crippen molar-refractivity contribution in [2.45, 2.75) is 78.2 Å². The molecule has 30 heavy (non-hydrogen) atoms. The lowest BCUT2D eigenvalue weighted by Gasteiger charge is -2.23. The quantitative estimate of drug-likeness (QED) is 0.267. The molecule has 4 N–H and O–H groups in total. The van der Waals surface area contributed by atoms with Crippen molar-refractivity contribution in [3.05, 3.63) is 34.9 Å². The zero-order valence-corrected chi connectivity index (χ0v) is 18.5. The molecule has 0 saturated heterocycles. The fraction of sp³-hybridized carbons (Fsp3) is 0.636. The number of alkyl carbamates (subject to hydrolysis) is 1. The van der Waals surface area contributed by atoms with Gasteiger partial charge in [-0.3, -0.25) is 0 Å². The van der Waals surface area contributed by atoms with Gasteiger partial charge in [-0.1, -0.05) is 28.9 Å². The Labute approximate surface area is 178 Å². The van der Waals surface area contributed by atoms with Gasteiger partial charge in [-0.15, -0.1) is 0 Å². The van der Waals surface area contributed by atoms with Crippen molar-refractivity contribution in [2.24, 2.45) is 5.73 Å². The first-order valence-corrected chi connectivity index (χ1v) is 10.1. The van der Waals surface area contributed by atoms with Crippen molar-refractivity contribution in [1.82, 2.24) is 5.32 Å². The smallest absolute Gasteiger partial charge is 0.407 e. The molecule has 0 fully saturated rings. The van der Waals surface area contributed by atoms with Crippen molar-refractivity contribution < 1.29 is 28.2 Å². The van der Waals surface area contributed by atoms with E-state index in [2.05, 4.69) is 38.2 Å². The monoisotopic (exact) mass is 430 g/mol. The second-order valence-electron chi connectivity index (χ2n) is 7.73. The third-order valence-corrected chi connectivity index (χ3v) is 4.59. The number of carboxylic acid groups (broad SMARTS) is 1. The van der Waals surface area contributed by atoms with Gasteiger partial charge in [0.15, 0.2) is 5.54 Å². The molecule has 0 aromatic carbocycles. The molecule has 0 bridgehead atoms. The normalized spacial score (nSPS) is 14.3. The number of nitrogens with two attached hydrogens (primary N) is 1. The molecule has 0 radical (unpaired) electrons. The number of aliphatic carboxylic acids is 1. The third kappa shape index (κ3) is 12.4. The SMILES string of the molecule is CC(C)=CCCC(C)=CCCC(C)=CCOC(=O)NCCCC(N)(C(=O)O)C(F)F. The topological polar surface area (TPSA) is 102 Å². The van der Waals surface area contributed by atoms with Crippen LogP contribution in [0.3, 0.4) is 0 Å². The number of allylic oxidation sites excluding steroid dienone is 5. The molecular formula is C22H36F2N2O4. The van der Waals surface area contributed by atoms with Gasteiger partial charge in [-0.25, -0.2) is 18.4 Å². The number of carbonyl (C=O) groups excluding carboxylic acids is 1. The zero-order valence-electron chi connectivity index (χ0n) is 18.5. The highest BCUT2D eigenvalue weighted by Gasteiger charge is 2.43. The average molecular weight is 431 g/mol. The lowest BCUT2D eigenvalue weighted by Crippen LogP contribution is -2.54. The Hall–Kier alpha value is -2.22. The fourth-order valence-corrected chi connectivity index (χ4v) is 2.53. The molecule has 0 aromatic heterocycles. The Balaban J connectivity index is 4.07. The molecule has 172 valence electrons. The lowest BCUT2D eigenvalue weighted by atomic mass is 9.95. The summed E-state index contributed by atoms with van der Waals surface area (Å²) >= 11 is 0. The number of hydrogen-bond acceptors (Lipinski definition) is 4. The van der Waals surface area contributed by atoms with Crippen LogP contribution in [0.25, 0.3) is 0 Å². The van der Waals surface area contributed by atoms with E-state index in [1.165, 1.54) is 11.1 Å². The van der Waals surface area contributed by atoms with Crippen molar-refractivity contribution >= 4 is 12.1 Å². The van der Waals surface area contributed by atoms with Gasteiger partial charge in [0.25, 0.3) is 6.43 Å². The summed E-state index contributed by atoms with van der Waals surface area (Å²) in [6.07, 6.45) is 5.81. The number of carbonyl (C=O) groups is 2. The molecule has 0 saturated carbocycles. The van der Waals surface area contributed by atoms with E-state index in [0.29, 0.717) is 0 Å². The second-order valence-corrected chi connectivity index (χ2v) is 7.73. The van der Waals surface area contributed by atoms with Crippen LogP contribution >= 0.6 is 0 Å². The summed E-state index contributed by atoms with van der Waals surface area (Å²) in [4.78, 5) is 22.4. The molecule has 1 amide bonds. The van der Waals surface area contributed by atoms with Gasteiger partial charge >= 0.3 is 12.1 Å². The first-order chi connectivity index (χ1) is 14.0. The van der Waals surface area contributed by atoms with Crippen LogP contribution in [0.2, 0.25) is 0 Å². The first-order valence-electron chi connectivity index (χ1n) is 10.1. The summed E-state index contributed by atoms with van der Waals surface area (Å²) in [5, 5.41) is 11.2. The Morgan fingerprint density at radius 1 is 1.07 bits per heavy atom. The molecule has 0 heterocycles. The molecular weight excluding hydrogens is 394 g/mol. The number of nitrogens with one attached hydrogen (secondary N) is 1. The van der Waals surface area contributed by atoms with E-state index < -0.39 is 30.4 Å². The predicted molar refractivity (Wildman–Crippen MR) is 115 cm³/mol. The maximum absolute atomic E-state index is 12.7. The van der Waals surface area contributed by atoms with E-state index in [1.54, 1.807) is 0 Å². The van der Waals surface area contributed by atoms with Crippen LogP contribution in [0.4, 0.5) is 13.6 Å². The van der Waals surface area contributed by atoms with Crippen LogP contribution in [0.15, 0.2) is 34.9 Å². The number of rotatable bonds is 14. The molecule has 0 aliphatic rings. The van der Waals surface area contributed by atoms with Crippen molar-refractivity contribution in [1.29, 1.82) is 0 Å². The predicted octanol–water partition coefficient (Wildman–Crippen LogP) is 4.96. The van der Waals surface area contributed by atoms with Gasteiger partial charge < -0.3 is 20.9 Å². The highest BCUT2D eigenvalue weighted by Crippen LogP contribution is 2.19. The van der Waals surface area contributed by atoms with Gasteiger partial charge in [-0.05, 0) is 72.3 Å². The molecule has 0 aliphatic carbocycles. The lowest BCUT2D eigenvalue weighted by molar-refractivity contribution is -0.150. The van der Waals surface area contributed by atoms with E-state index in [9.17, 15) is 18.4 Å². The molecule has 0 spiro atoms. The summed E-state index contributed by atoms with van der Waals surface area (Å²) in [6.45, 7) is 8.37. The Kier molecular flexibility index (Phi) is 13.6.